The fourth-order valence-electron chi connectivity index (χ4n) is 1.93. The maximum atomic E-state index is 13.1. The first-order chi connectivity index (χ1) is 8.00. The second-order valence-electron chi connectivity index (χ2n) is 4.31. The van der Waals surface area contributed by atoms with Gasteiger partial charge in [-0.3, -0.25) is 9.69 Å². The molecule has 0 heterocycles. The van der Waals surface area contributed by atoms with E-state index >= 15 is 0 Å². The minimum absolute atomic E-state index is 0.226. The van der Waals surface area contributed by atoms with Gasteiger partial charge in [0.2, 0.25) is 0 Å². The average Bonchev–Trinajstić information content (AvgIpc) is 3.06. The monoisotopic (exact) mass is 241 g/mol. The summed E-state index contributed by atoms with van der Waals surface area (Å²) in [7, 11) is 1.69. The molecule has 1 saturated carbocycles. The summed E-state index contributed by atoms with van der Waals surface area (Å²) in [6, 6.07) is 2.53. The van der Waals surface area contributed by atoms with Crippen LogP contribution in [0.15, 0.2) is 18.2 Å². The van der Waals surface area contributed by atoms with Crippen molar-refractivity contribution in [3.8, 4) is 0 Å². The van der Waals surface area contributed by atoms with Crippen molar-refractivity contribution >= 4 is 5.97 Å². The predicted molar refractivity (Wildman–Crippen MR) is 57.5 cm³/mol. The Labute approximate surface area is 97.7 Å². The van der Waals surface area contributed by atoms with Crippen molar-refractivity contribution < 1.29 is 18.7 Å². The number of hydrogen-bond acceptors (Lipinski definition) is 2. The Bertz CT molecular complexity index is 446. The summed E-state index contributed by atoms with van der Waals surface area (Å²) in [5.41, 5.74) is 0.269. The standard InChI is InChI=1S/C12H13F2NO2/c1-15(8-3-4-8)11(12(16)17)7-2-5-9(13)10(14)6-7/h2,5-6,8,11H,3-4H2,1H3,(H,16,17). The van der Waals surface area contributed by atoms with Gasteiger partial charge in [0.25, 0.3) is 0 Å². The summed E-state index contributed by atoms with van der Waals surface area (Å²) >= 11 is 0. The lowest BCUT2D eigenvalue weighted by atomic mass is 10.1. The number of likely N-dealkylation sites (N-methyl/N-ethyl adjacent to an activating group) is 1. The van der Waals surface area contributed by atoms with Crippen LogP contribution >= 0.6 is 0 Å². The highest BCUT2D eigenvalue weighted by Gasteiger charge is 2.35. The lowest BCUT2D eigenvalue weighted by Crippen LogP contribution is -2.32. The number of carboxylic acid groups (broad SMARTS) is 1. The highest BCUT2D eigenvalue weighted by molar-refractivity contribution is 5.75. The molecule has 1 fully saturated rings. The molecule has 1 aliphatic carbocycles. The third-order valence-corrected chi connectivity index (χ3v) is 3.02. The van der Waals surface area contributed by atoms with Crippen molar-refractivity contribution in [2.45, 2.75) is 24.9 Å². The normalized spacial score (nSPS) is 17.2. The molecular formula is C12H13F2NO2. The van der Waals surface area contributed by atoms with E-state index in [1.165, 1.54) is 6.07 Å². The first-order valence-electron chi connectivity index (χ1n) is 5.40. The van der Waals surface area contributed by atoms with Crippen LogP contribution in [0.2, 0.25) is 0 Å². The maximum Gasteiger partial charge on any atom is 0.325 e. The fourth-order valence-corrected chi connectivity index (χ4v) is 1.93. The van der Waals surface area contributed by atoms with E-state index in [2.05, 4.69) is 0 Å². The van der Waals surface area contributed by atoms with E-state index in [0.717, 1.165) is 25.0 Å². The molecule has 1 unspecified atom stereocenters. The van der Waals surface area contributed by atoms with E-state index in [0.29, 0.717) is 0 Å². The second kappa shape index (κ2) is 4.41. The van der Waals surface area contributed by atoms with Gasteiger partial charge in [-0.15, -0.1) is 0 Å². The van der Waals surface area contributed by atoms with Crippen LogP contribution in [-0.2, 0) is 4.79 Å². The van der Waals surface area contributed by atoms with Gasteiger partial charge >= 0.3 is 5.97 Å². The molecule has 1 aromatic rings. The molecule has 5 heteroatoms. The summed E-state index contributed by atoms with van der Waals surface area (Å²) < 4.78 is 25.9. The molecule has 0 amide bonds. The zero-order valence-electron chi connectivity index (χ0n) is 9.36. The molecule has 1 N–H and O–H groups in total. The third kappa shape index (κ3) is 2.44. The fraction of sp³-hybridized carbons (Fsp3) is 0.417. The van der Waals surface area contributed by atoms with Gasteiger partial charge in [-0.05, 0) is 37.6 Å². The van der Waals surface area contributed by atoms with Gasteiger partial charge in [0, 0.05) is 6.04 Å². The number of hydrogen-bond donors (Lipinski definition) is 1. The van der Waals surface area contributed by atoms with Gasteiger partial charge in [-0.25, -0.2) is 8.78 Å². The van der Waals surface area contributed by atoms with Gasteiger partial charge < -0.3 is 5.11 Å². The van der Waals surface area contributed by atoms with E-state index in [9.17, 15) is 18.7 Å². The average molecular weight is 241 g/mol. The lowest BCUT2D eigenvalue weighted by molar-refractivity contribution is -0.143. The third-order valence-electron chi connectivity index (χ3n) is 3.02. The van der Waals surface area contributed by atoms with Crippen LogP contribution in [0.25, 0.3) is 0 Å². The maximum absolute atomic E-state index is 13.1. The van der Waals surface area contributed by atoms with Crippen molar-refractivity contribution in [1.82, 2.24) is 4.90 Å². The second-order valence-corrected chi connectivity index (χ2v) is 4.31. The summed E-state index contributed by atoms with van der Waals surface area (Å²) in [6.07, 6.45) is 1.90. The van der Waals surface area contributed by atoms with E-state index in [-0.39, 0.29) is 11.6 Å². The molecule has 0 aromatic heterocycles. The minimum Gasteiger partial charge on any atom is -0.480 e. The molecule has 0 radical (unpaired) electrons. The van der Waals surface area contributed by atoms with Crippen LogP contribution in [0.3, 0.4) is 0 Å². The molecule has 0 saturated heterocycles. The number of aliphatic carboxylic acids is 1. The molecule has 0 aliphatic heterocycles. The van der Waals surface area contributed by atoms with E-state index < -0.39 is 23.6 Å². The first-order valence-corrected chi connectivity index (χ1v) is 5.40. The molecule has 2 rings (SSSR count). The summed E-state index contributed by atoms with van der Waals surface area (Å²) in [6.45, 7) is 0. The van der Waals surface area contributed by atoms with Gasteiger partial charge in [0.15, 0.2) is 11.6 Å². The number of carboxylic acids is 1. The van der Waals surface area contributed by atoms with Crippen molar-refractivity contribution in [2.75, 3.05) is 7.05 Å². The number of carbonyl (C=O) groups is 1. The Kier molecular flexibility index (Phi) is 3.11. The molecule has 17 heavy (non-hydrogen) atoms. The number of rotatable bonds is 4. The Morgan fingerprint density at radius 3 is 2.53 bits per heavy atom. The Hall–Kier alpha value is -1.49. The van der Waals surface area contributed by atoms with Crippen LogP contribution in [0, 0.1) is 11.6 Å². The minimum atomic E-state index is -1.05. The molecule has 1 aliphatic rings. The number of benzene rings is 1. The van der Waals surface area contributed by atoms with Crippen LogP contribution in [-0.4, -0.2) is 29.1 Å². The van der Waals surface area contributed by atoms with Gasteiger partial charge in [0.05, 0.1) is 0 Å². The first kappa shape index (κ1) is 12.0. The molecule has 0 spiro atoms. The SMILES string of the molecule is CN(C1CC1)C(C(=O)O)c1ccc(F)c(F)c1. The van der Waals surface area contributed by atoms with E-state index in [1.54, 1.807) is 11.9 Å². The van der Waals surface area contributed by atoms with Crippen molar-refractivity contribution in [3.05, 3.63) is 35.4 Å². The summed E-state index contributed by atoms with van der Waals surface area (Å²) in [5, 5.41) is 9.18. The molecule has 0 bridgehead atoms. The highest BCUT2D eigenvalue weighted by Crippen LogP contribution is 2.33. The molecule has 92 valence electrons. The van der Waals surface area contributed by atoms with Gasteiger partial charge in [-0.2, -0.15) is 0 Å². The lowest BCUT2D eigenvalue weighted by Gasteiger charge is -2.24. The Morgan fingerprint density at radius 2 is 2.06 bits per heavy atom. The zero-order valence-corrected chi connectivity index (χ0v) is 9.36. The van der Waals surface area contributed by atoms with E-state index in [1.807, 2.05) is 0 Å². The molecule has 3 nitrogen and oxygen atoms in total. The van der Waals surface area contributed by atoms with Crippen LogP contribution in [0.4, 0.5) is 8.78 Å². The Balaban J connectivity index is 2.31. The molecule has 1 aromatic carbocycles. The van der Waals surface area contributed by atoms with Crippen molar-refractivity contribution in [3.63, 3.8) is 0 Å². The van der Waals surface area contributed by atoms with Gasteiger partial charge in [0.1, 0.15) is 6.04 Å². The number of halogens is 2. The van der Waals surface area contributed by atoms with Crippen LogP contribution in [0.1, 0.15) is 24.4 Å². The van der Waals surface area contributed by atoms with Crippen LogP contribution in [0.5, 0.6) is 0 Å². The summed E-state index contributed by atoms with van der Waals surface area (Å²) in [5.74, 6) is -3.03. The van der Waals surface area contributed by atoms with Crippen molar-refractivity contribution in [1.29, 1.82) is 0 Å². The predicted octanol–water partition coefficient (Wildman–Crippen LogP) is 2.18. The number of nitrogens with zero attached hydrogens (tertiary/aromatic N) is 1. The van der Waals surface area contributed by atoms with Gasteiger partial charge in [-0.1, -0.05) is 6.07 Å². The topological polar surface area (TPSA) is 40.5 Å². The smallest absolute Gasteiger partial charge is 0.325 e. The highest BCUT2D eigenvalue weighted by atomic mass is 19.2. The van der Waals surface area contributed by atoms with E-state index in [4.69, 9.17) is 0 Å². The Morgan fingerprint density at radius 1 is 1.41 bits per heavy atom. The largest absolute Gasteiger partial charge is 0.480 e. The quantitative estimate of drug-likeness (QED) is 0.878. The molecular weight excluding hydrogens is 228 g/mol. The summed E-state index contributed by atoms with van der Waals surface area (Å²) in [4.78, 5) is 12.9. The molecule has 1 atom stereocenters. The van der Waals surface area contributed by atoms with Crippen molar-refractivity contribution in [2.24, 2.45) is 0 Å². The zero-order chi connectivity index (χ0) is 12.6. The van der Waals surface area contributed by atoms with Crippen LogP contribution < -0.4 is 0 Å².